The summed E-state index contributed by atoms with van der Waals surface area (Å²) in [5.74, 6) is -1.08. The number of fused-ring (bicyclic) bond motifs is 4. The van der Waals surface area contributed by atoms with Gasteiger partial charge in [0.05, 0.1) is 53.4 Å². The van der Waals surface area contributed by atoms with Gasteiger partial charge < -0.3 is 40.0 Å². The van der Waals surface area contributed by atoms with E-state index < -0.39 is 53.3 Å². The van der Waals surface area contributed by atoms with E-state index in [4.69, 9.17) is 14.1 Å². The number of amides is 4. The molecule has 6 atom stereocenters. The number of hydrogen-bond donors (Lipinski definition) is 4. The van der Waals surface area contributed by atoms with Gasteiger partial charge in [0, 0.05) is 58.8 Å². The zero-order chi connectivity index (χ0) is 54.6. The third kappa shape index (κ3) is 10.5. The smallest absolute Gasteiger partial charge is 0.308 e. The largest absolute Gasteiger partial charge is 0.469 e. The SMILES string of the molecule is COC(=O)C[C@@H]1N=C(c2ccc(N3CC[C@@H](C(=O)Nc4ccc5oc(C(=O)N[C@H](C(=O)N6C[C@H](O)C[C@H]6C(=O)N[C@@H](C)c6ccc(-c7scnc7C)cc6)C(C)(C)C)cc5c4)C3)cc2)c2c(sc(C)c2C)-n2c(C)nnc21. The van der Waals surface area contributed by atoms with Crippen molar-refractivity contribution in [1.82, 2.24) is 35.3 Å². The lowest BCUT2D eigenvalue weighted by atomic mass is 9.85. The summed E-state index contributed by atoms with van der Waals surface area (Å²) in [4.78, 5) is 83.9. The minimum atomic E-state index is -1.08. The lowest BCUT2D eigenvalue weighted by Crippen LogP contribution is -2.57. The Bertz CT molecular complexity index is 3460. The van der Waals surface area contributed by atoms with Gasteiger partial charge in [-0.1, -0.05) is 57.2 Å². The summed E-state index contributed by atoms with van der Waals surface area (Å²) in [6.45, 7) is 16.5. The van der Waals surface area contributed by atoms with Crippen molar-refractivity contribution in [3.05, 3.63) is 129 Å². The van der Waals surface area contributed by atoms with E-state index in [0.717, 1.165) is 59.7 Å². The number of rotatable bonds is 13. The fourth-order valence-corrected chi connectivity index (χ4v) is 12.5. The number of esters is 1. The minimum absolute atomic E-state index is 0.0147. The van der Waals surface area contributed by atoms with E-state index in [0.29, 0.717) is 47.8 Å². The van der Waals surface area contributed by atoms with Crippen molar-refractivity contribution < 1.29 is 38.2 Å². The number of β-amino-alcohol motifs (C(OH)–C–C–N with tert-alkyl or cyclic N) is 1. The number of aryl methyl sites for hydroxylation is 3. The van der Waals surface area contributed by atoms with Crippen molar-refractivity contribution >= 4 is 80.3 Å². The van der Waals surface area contributed by atoms with Crippen LogP contribution in [-0.2, 0) is 23.9 Å². The van der Waals surface area contributed by atoms with Gasteiger partial charge in [-0.3, -0.25) is 33.5 Å². The lowest BCUT2D eigenvalue weighted by Gasteiger charge is -2.35. The van der Waals surface area contributed by atoms with E-state index in [2.05, 4.69) is 49.9 Å². The van der Waals surface area contributed by atoms with Gasteiger partial charge >= 0.3 is 5.97 Å². The van der Waals surface area contributed by atoms with Crippen LogP contribution in [0.15, 0.2) is 87.7 Å². The number of aliphatic hydroxyl groups is 1. The summed E-state index contributed by atoms with van der Waals surface area (Å²) in [6, 6.07) is 19.8. The number of benzene rings is 3. The Hall–Kier alpha value is -7.55. The highest BCUT2D eigenvalue weighted by Crippen LogP contribution is 2.40. The monoisotopic (exact) mass is 1080 g/mol. The predicted molar refractivity (Wildman–Crippen MR) is 296 cm³/mol. The van der Waals surface area contributed by atoms with Crippen LogP contribution in [0.2, 0.25) is 0 Å². The number of likely N-dealkylation sites (tertiary alicyclic amines) is 1. The van der Waals surface area contributed by atoms with Crippen molar-refractivity contribution in [3.63, 3.8) is 0 Å². The molecule has 0 aliphatic carbocycles. The van der Waals surface area contributed by atoms with E-state index in [9.17, 15) is 29.1 Å². The highest BCUT2D eigenvalue weighted by Gasteiger charge is 2.45. The molecule has 400 valence electrons. The van der Waals surface area contributed by atoms with Crippen molar-refractivity contribution in [1.29, 1.82) is 0 Å². The molecule has 4 N–H and O–H groups in total. The summed E-state index contributed by atoms with van der Waals surface area (Å²) in [5, 5.41) is 30.1. The Morgan fingerprint density at radius 2 is 1.65 bits per heavy atom. The summed E-state index contributed by atoms with van der Waals surface area (Å²) >= 11 is 3.21. The number of thiophene rings is 1. The number of thiazole rings is 1. The van der Waals surface area contributed by atoms with Crippen LogP contribution in [0, 0.1) is 39.0 Å². The second-order valence-corrected chi connectivity index (χ2v) is 23.4. The molecule has 0 unspecified atom stereocenters. The third-order valence-electron chi connectivity index (χ3n) is 14.9. The third-order valence-corrected chi connectivity index (χ3v) is 17.1. The second-order valence-electron chi connectivity index (χ2n) is 21.3. The molecule has 3 aromatic carbocycles. The number of hydrogen-bond acceptors (Lipinski definition) is 15. The number of methoxy groups -OCH3 is 1. The molecule has 18 nitrogen and oxygen atoms in total. The van der Waals surface area contributed by atoms with Gasteiger partial charge in [-0.15, -0.1) is 32.9 Å². The van der Waals surface area contributed by atoms with E-state index in [1.807, 2.05) is 100 Å². The number of carbonyl (C=O) groups excluding carboxylic acids is 5. The van der Waals surface area contributed by atoms with Crippen molar-refractivity contribution in [2.75, 3.05) is 37.0 Å². The van der Waals surface area contributed by atoms with E-state index >= 15 is 0 Å². The number of nitrogens with zero attached hydrogens (tertiary/aromatic N) is 7. The number of carbonyl (C=O) groups is 5. The molecular formula is C57H62N10O8S2. The number of nitrogens with one attached hydrogen (secondary N) is 3. The molecule has 0 bridgehead atoms. The van der Waals surface area contributed by atoms with Gasteiger partial charge in [0.2, 0.25) is 17.7 Å². The zero-order valence-electron chi connectivity index (χ0n) is 44.5. The Labute approximate surface area is 454 Å². The molecule has 3 aliphatic rings. The average Bonchev–Trinajstić information content (AvgIpc) is 4.32. The number of aromatic nitrogens is 4. The standard InChI is InChI=1S/C57H62N10O8S2/c1-29-32(4)77-56-47(29)48(61-42(25-46(69)74-9)51-64-63-33(5)67(51)56)35-14-17-40(18-15-35)65-21-20-37(26-65)52(70)60-39-16-19-44-38(22-39)23-45(75-44)54(72)62-50(57(6,7)8)55(73)66-27-41(68)24-43(66)53(71)59-30(2)34-10-12-36(13-11-34)49-31(3)58-28-76-49/h10-19,22-23,28,30,37,41-43,50,68H,20-21,24-27H2,1-9H3,(H,59,71)(H,60,70)(H,62,72)/t30-,37+,41+,42-,43-,50+/m0/s1. The molecular weight excluding hydrogens is 1020 g/mol. The van der Waals surface area contributed by atoms with Crippen molar-refractivity contribution in [2.45, 2.75) is 105 Å². The number of aliphatic hydroxyl groups excluding tert-OH is 1. The number of anilines is 2. The van der Waals surface area contributed by atoms with Crippen LogP contribution in [0.5, 0.6) is 0 Å². The fraction of sp³-hybridized carbons (Fsp3) is 0.386. The maximum Gasteiger partial charge on any atom is 0.308 e. The Morgan fingerprint density at radius 3 is 2.35 bits per heavy atom. The molecule has 7 heterocycles. The van der Waals surface area contributed by atoms with Crippen LogP contribution in [0.4, 0.5) is 11.4 Å². The zero-order valence-corrected chi connectivity index (χ0v) is 46.1. The van der Waals surface area contributed by atoms with E-state index in [-0.39, 0.29) is 43.0 Å². The Morgan fingerprint density at radius 1 is 0.909 bits per heavy atom. The molecule has 3 aliphatic heterocycles. The summed E-state index contributed by atoms with van der Waals surface area (Å²) in [7, 11) is 1.36. The van der Waals surface area contributed by atoms with Crippen LogP contribution in [0.3, 0.4) is 0 Å². The van der Waals surface area contributed by atoms with Crippen LogP contribution in [-0.4, -0.2) is 110 Å². The van der Waals surface area contributed by atoms with Gasteiger partial charge in [-0.2, -0.15) is 0 Å². The molecule has 4 amide bonds. The highest BCUT2D eigenvalue weighted by atomic mass is 32.1. The first kappa shape index (κ1) is 52.9. The first-order valence-electron chi connectivity index (χ1n) is 25.7. The molecule has 0 spiro atoms. The van der Waals surface area contributed by atoms with Crippen LogP contribution in [0.25, 0.3) is 26.4 Å². The van der Waals surface area contributed by atoms with Crippen LogP contribution in [0.1, 0.15) is 114 Å². The summed E-state index contributed by atoms with van der Waals surface area (Å²) in [6.07, 6.45) is -0.218. The number of ether oxygens (including phenoxy) is 1. The quantitative estimate of drug-likeness (QED) is 0.0800. The summed E-state index contributed by atoms with van der Waals surface area (Å²) in [5.41, 5.74) is 9.52. The van der Waals surface area contributed by atoms with Crippen LogP contribution >= 0.6 is 22.7 Å². The number of aliphatic imine (C=N–C) groups is 1. The van der Waals surface area contributed by atoms with Gasteiger partial charge in [0.25, 0.3) is 5.91 Å². The van der Waals surface area contributed by atoms with Gasteiger partial charge in [-0.25, -0.2) is 4.98 Å². The van der Waals surface area contributed by atoms with Crippen molar-refractivity contribution in [3.8, 4) is 15.4 Å². The maximum absolute atomic E-state index is 14.4. The topological polar surface area (TPSA) is 226 Å². The van der Waals surface area contributed by atoms with E-state index in [1.54, 1.807) is 46.9 Å². The molecule has 2 saturated heterocycles. The molecule has 7 aromatic rings. The Kier molecular flexibility index (Phi) is 14.5. The summed E-state index contributed by atoms with van der Waals surface area (Å²) < 4.78 is 13.0. The lowest BCUT2D eigenvalue weighted by molar-refractivity contribution is -0.142. The average molecular weight is 1080 g/mol. The fourth-order valence-electron chi connectivity index (χ4n) is 10.5. The second kappa shape index (κ2) is 21.1. The highest BCUT2D eigenvalue weighted by molar-refractivity contribution is 7.15. The molecule has 20 heteroatoms. The van der Waals surface area contributed by atoms with E-state index in [1.165, 1.54) is 12.0 Å². The molecule has 2 fully saturated rings. The first-order chi connectivity index (χ1) is 36.8. The van der Waals surface area contributed by atoms with Crippen LogP contribution < -0.4 is 20.9 Å². The van der Waals surface area contributed by atoms with Gasteiger partial charge in [0.15, 0.2) is 11.6 Å². The van der Waals surface area contributed by atoms with Crippen molar-refractivity contribution in [2.24, 2.45) is 16.3 Å². The molecule has 0 radical (unpaired) electrons. The molecule has 77 heavy (non-hydrogen) atoms. The normalized spacial score (nSPS) is 19.0. The minimum Gasteiger partial charge on any atom is -0.469 e. The predicted octanol–water partition coefficient (Wildman–Crippen LogP) is 8.34. The first-order valence-corrected chi connectivity index (χ1v) is 27.4. The number of furan rings is 1. The molecule has 10 rings (SSSR count). The molecule has 0 saturated carbocycles. The molecule has 4 aromatic heterocycles. The van der Waals surface area contributed by atoms with Gasteiger partial charge in [-0.05, 0) is 99.5 Å². The maximum atomic E-state index is 14.4. The Balaban J connectivity index is 0.774. The van der Waals surface area contributed by atoms with Gasteiger partial charge in [0.1, 0.15) is 34.5 Å².